The van der Waals surface area contributed by atoms with E-state index in [4.69, 9.17) is 4.74 Å². The highest BCUT2D eigenvalue weighted by Crippen LogP contribution is 2.17. The fourth-order valence-electron chi connectivity index (χ4n) is 2.95. The summed E-state index contributed by atoms with van der Waals surface area (Å²) in [6.07, 6.45) is 8.06. The molecular weight excluding hydrogens is 332 g/mol. The van der Waals surface area contributed by atoms with Crippen LogP contribution in [-0.4, -0.2) is 30.4 Å². The summed E-state index contributed by atoms with van der Waals surface area (Å²) in [5.74, 6) is -1.43. The van der Waals surface area contributed by atoms with Gasteiger partial charge < -0.3 is 15.4 Å². The van der Waals surface area contributed by atoms with Gasteiger partial charge in [-0.05, 0) is 24.5 Å². The lowest BCUT2D eigenvalue weighted by Crippen LogP contribution is -2.38. The third-order valence-electron chi connectivity index (χ3n) is 4.20. The van der Waals surface area contributed by atoms with E-state index in [1.54, 1.807) is 12.1 Å². The van der Waals surface area contributed by atoms with Crippen LogP contribution in [-0.2, 0) is 19.1 Å². The largest absolute Gasteiger partial charge is 0.451 e. The number of benzene rings is 1. The molecule has 6 heteroatoms. The molecule has 1 aliphatic carbocycles. The summed E-state index contributed by atoms with van der Waals surface area (Å²) >= 11 is 0. The van der Waals surface area contributed by atoms with Gasteiger partial charge in [-0.2, -0.15) is 0 Å². The van der Waals surface area contributed by atoms with Crippen LogP contribution in [0.1, 0.15) is 51.0 Å². The standard InChI is InChI=1S/C20H26N2O4/c1-15(23)21-18(13-16-9-5-4-6-10-16)20(25)26-14-19(24)22-17-11-7-2-3-8-12-17/h4-6,9-10,13,17H,2-3,7-8,11-12,14H2,1H3,(H,21,23)(H,22,24). The molecule has 2 rings (SSSR count). The normalized spacial score (nSPS) is 15.7. The van der Waals surface area contributed by atoms with E-state index in [1.165, 1.54) is 25.8 Å². The van der Waals surface area contributed by atoms with Gasteiger partial charge >= 0.3 is 5.97 Å². The molecule has 0 saturated heterocycles. The molecule has 0 aliphatic heterocycles. The van der Waals surface area contributed by atoms with E-state index in [2.05, 4.69) is 10.6 Å². The van der Waals surface area contributed by atoms with Crippen molar-refractivity contribution >= 4 is 23.9 Å². The quantitative estimate of drug-likeness (QED) is 0.465. The summed E-state index contributed by atoms with van der Waals surface area (Å²) in [5.41, 5.74) is 0.752. The van der Waals surface area contributed by atoms with Crippen molar-refractivity contribution in [1.82, 2.24) is 10.6 Å². The van der Waals surface area contributed by atoms with Crippen molar-refractivity contribution in [3.05, 3.63) is 41.6 Å². The van der Waals surface area contributed by atoms with Crippen LogP contribution in [0.5, 0.6) is 0 Å². The van der Waals surface area contributed by atoms with Gasteiger partial charge in [-0.3, -0.25) is 9.59 Å². The predicted molar refractivity (Wildman–Crippen MR) is 98.8 cm³/mol. The SMILES string of the molecule is CC(=O)NC(=Cc1ccccc1)C(=O)OCC(=O)NC1CCCCCC1. The zero-order valence-corrected chi connectivity index (χ0v) is 15.1. The van der Waals surface area contributed by atoms with Gasteiger partial charge in [0, 0.05) is 13.0 Å². The van der Waals surface area contributed by atoms with Gasteiger partial charge in [-0.1, -0.05) is 56.0 Å². The summed E-state index contributed by atoms with van der Waals surface area (Å²) in [6, 6.07) is 9.25. The van der Waals surface area contributed by atoms with Crippen LogP contribution in [0.3, 0.4) is 0 Å². The first-order valence-corrected chi connectivity index (χ1v) is 9.05. The van der Waals surface area contributed by atoms with Crippen LogP contribution in [0.2, 0.25) is 0 Å². The number of hydrogen-bond acceptors (Lipinski definition) is 4. The summed E-state index contributed by atoms with van der Waals surface area (Å²) in [5, 5.41) is 5.38. The van der Waals surface area contributed by atoms with Crippen molar-refractivity contribution in [3.63, 3.8) is 0 Å². The molecule has 6 nitrogen and oxygen atoms in total. The second-order valence-electron chi connectivity index (χ2n) is 6.48. The maximum atomic E-state index is 12.2. The molecule has 2 N–H and O–H groups in total. The second-order valence-corrected chi connectivity index (χ2v) is 6.48. The number of ether oxygens (including phenoxy) is 1. The van der Waals surface area contributed by atoms with Crippen molar-refractivity contribution in [1.29, 1.82) is 0 Å². The highest BCUT2D eigenvalue weighted by atomic mass is 16.5. The molecule has 1 saturated carbocycles. The molecule has 0 spiro atoms. The third kappa shape index (κ3) is 7.09. The maximum absolute atomic E-state index is 12.2. The van der Waals surface area contributed by atoms with Crippen LogP contribution < -0.4 is 10.6 Å². The van der Waals surface area contributed by atoms with E-state index < -0.39 is 5.97 Å². The minimum Gasteiger partial charge on any atom is -0.451 e. The minimum absolute atomic E-state index is 0.00552. The Morgan fingerprint density at radius 1 is 1.08 bits per heavy atom. The molecular formula is C20H26N2O4. The fraction of sp³-hybridized carbons (Fsp3) is 0.450. The summed E-state index contributed by atoms with van der Waals surface area (Å²) < 4.78 is 5.08. The van der Waals surface area contributed by atoms with Crippen LogP contribution >= 0.6 is 0 Å². The van der Waals surface area contributed by atoms with Crippen LogP contribution in [0.15, 0.2) is 36.0 Å². The monoisotopic (exact) mass is 358 g/mol. The summed E-state index contributed by atoms with van der Waals surface area (Å²) in [6.45, 7) is 0.950. The Labute approximate surface area is 154 Å². The van der Waals surface area contributed by atoms with Gasteiger partial charge in [-0.15, -0.1) is 0 Å². The minimum atomic E-state index is -0.736. The van der Waals surface area contributed by atoms with E-state index in [0.29, 0.717) is 0 Å². The molecule has 0 unspecified atom stereocenters. The van der Waals surface area contributed by atoms with Crippen LogP contribution in [0.4, 0.5) is 0 Å². The zero-order valence-electron chi connectivity index (χ0n) is 15.1. The Morgan fingerprint density at radius 3 is 2.35 bits per heavy atom. The van der Waals surface area contributed by atoms with E-state index in [1.807, 2.05) is 18.2 Å². The number of carbonyl (C=O) groups excluding carboxylic acids is 3. The number of hydrogen-bond donors (Lipinski definition) is 2. The number of nitrogens with one attached hydrogen (secondary N) is 2. The van der Waals surface area contributed by atoms with Gasteiger partial charge in [0.25, 0.3) is 5.91 Å². The topological polar surface area (TPSA) is 84.5 Å². The first-order chi connectivity index (χ1) is 12.5. The molecule has 1 fully saturated rings. The first-order valence-electron chi connectivity index (χ1n) is 9.05. The lowest BCUT2D eigenvalue weighted by atomic mass is 10.1. The highest BCUT2D eigenvalue weighted by molar-refractivity contribution is 5.98. The predicted octanol–water partition coefficient (Wildman–Crippen LogP) is 2.55. The van der Waals surface area contributed by atoms with Crippen molar-refractivity contribution in [2.75, 3.05) is 6.61 Å². The molecule has 0 aromatic heterocycles. The fourth-order valence-corrected chi connectivity index (χ4v) is 2.95. The first kappa shape index (κ1) is 19.7. The molecule has 1 aromatic carbocycles. The summed E-state index contributed by atoms with van der Waals surface area (Å²) in [4.78, 5) is 35.6. The number of carbonyl (C=O) groups is 3. The molecule has 26 heavy (non-hydrogen) atoms. The molecule has 0 radical (unpaired) electrons. The van der Waals surface area contributed by atoms with E-state index >= 15 is 0 Å². The highest BCUT2D eigenvalue weighted by Gasteiger charge is 2.18. The lowest BCUT2D eigenvalue weighted by Gasteiger charge is -2.16. The Hall–Kier alpha value is -2.63. The van der Waals surface area contributed by atoms with Gasteiger partial charge in [0.1, 0.15) is 5.70 Å². The van der Waals surface area contributed by atoms with Crippen LogP contribution in [0.25, 0.3) is 6.08 Å². The smallest absolute Gasteiger partial charge is 0.355 e. The van der Waals surface area contributed by atoms with Crippen molar-refractivity contribution in [2.45, 2.75) is 51.5 Å². The second kappa shape index (κ2) is 10.4. The van der Waals surface area contributed by atoms with Gasteiger partial charge in [-0.25, -0.2) is 4.79 Å². The average Bonchev–Trinajstić information content (AvgIpc) is 2.88. The van der Waals surface area contributed by atoms with E-state index in [9.17, 15) is 14.4 Å². The Morgan fingerprint density at radius 2 is 1.73 bits per heavy atom. The van der Waals surface area contributed by atoms with E-state index in [0.717, 1.165) is 31.2 Å². The number of rotatable bonds is 6. The number of esters is 1. The molecule has 1 aromatic rings. The van der Waals surface area contributed by atoms with Crippen molar-refractivity contribution in [3.8, 4) is 0 Å². The van der Waals surface area contributed by atoms with Crippen molar-refractivity contribution in [2.24, 2.45) is 0 Å². The molecule has 2 amide bonds. The Balaban J connectivity index is 1.90. The molecule has 0 bridgehead atoms. The molecule has 0 heterocycles. The number of amides is 2. The van der Waals surface area contributed by atoms with Gasteiger partial charge in [0.05, 0.1) is 0 Å². The summed E-state index contributed by atoms with van der Waals surface area (Å²) in [7, 11) is 0. The van der Waals surface area contributed by atoms with Gasteiger partial charge in [0.15, 0.2) is 6.61 Å². The Kier molecular flexibility index (Phi) is 7.86. The zero-order chi connectivity index (χ0) is 18.8. The molecule has 1 aliphatic rings. The lowest BCUT2D eigenvalue weighted by molar-refractivity contribution is -0.145. The van der Waals surface area contributed by atoms with Crippen LogP contribution in [0, 0.1) is 0 Å². The molecule has 140 valence electrons. The van der Waals surface area contributed by atoms with Crippen molar-refractivity contribution < 1.29 is 19.1 Å². The maximum Gasteiger partial charge on any atom is 0.355 e. The average molecular weight is 358 g/mol. The molecule has 0 atom stereocenters. The van der Waals surface area contributed by atoms with E-state index in [-0.39, 0.29) is 30.2 Å². The Bertz CT molecular complexity index is 647. The van der Waals surface area contributed by atoms with Gasteiger partial charge in [0.2, 0.25) is 5.91 Å². The third-order valence-corrected chi connectivity index (χ3v) is 4.20.